The van der Waals surface area contributed by atoms with Crippen molar-refractivity contribution >= 4 is 5.57 Å². The molecule has 0 fully saturated rings. The van der Waals surface area contributed by atoms with Crippen molar-refractivity contribution < 1.29 is 17.1 Å². The molecule has 114 valence electrons. The quantitative estimate of drug-likeness (QED) is 0.529. The maximum atomic E-state index is 3.52. The van der Waals surface area contributed by atoms with Gasteiger partial charge in [-0.05, 0) is 16.7 Å². The Morgan fingerprint density at radius 3 is 2.17 bits per heavy atom. The molecule has 2 aromatic carbocycles. The minimum Gasteiger partial charge on any atom is -0.268 e. The van der Waals surface area contributed by atoms with E-state index in [4.69, 9.17) is 0 Å². The largest absolute Gasteiger partial charge is 0.268 e. The van der Waals surface area contributed by atoms with Crippen molar-refractivity contribution in [1.82, 2.24) is 0 Å². The molecule has 0 heterocycles. The Morgan fingerprint density at radius 1 is 0.826 bits per heavy atom. The second kappa shape index (κ2) is 6.58. The van der Waals surface area contributed by atoms with Crippen LogP contribution in [-0.4, -0.2) is 0 Å². The van der Waals surface area contributed by atoms with Gasteiger partial charge in [0, 0.05) is 22.5 Å². The number of rotatable bonds is 3. The topological polar surface area (TPSA) is 0 Å². The normalized spacial score (nSPS) is 21.7. The van der Waals surface area contributed by atoms with Crippen molar-refractivity contribution in [2.75, 3.05) is 0 Å². The first-order valence-corrected chi connectivity index (χ1v) is 7.69. The first-order valence-electron chi connectivity index (χ1n) is 7.69. The van der Waals surface area contributed by atoms with E-state index in [9.17, 15) is 0 Å². The third kappa shape index (κ3) is 2.79. The molecular weight excluding hydrogens is 320 g/mol. The number of allylic oxidation sites excluding steroid dienone is 8. The van der Waals surface area contributed by atoms with E-state index in [1.54, 1.807) is 0 Å². The molecule has 4 rings (SSSR count). The Labute approximate surface area is 148 Å². The molecule has 0 amide bonds. The van der Waals surface area contributed by atoms with E-state index in [2.05, 4.69) is 97.1 Å². The molecule has 0 N–H and O–H groups in total. The van der Waals surface area contributed by atoms with Crippen molar-refractivity contribution in [2.24, 2.45) is 0 Å². The van der Waals surface area contributed by atoms with Crippen LogP contribution < -0.4 is 0 Å². The van der Waals surface area contributed by atoms with Gasteiger partial charge in [-0.15, -0.1) is 6.42 Å². The molecule has 0 aliphatic heterocycles. The third-order valence-corrected chi connectivity index (χ3v) is 4.41. The van der Waals surface area contributed by atoms with E-state index in [0.29, 0.717) is 0 Å². The molecule has 2 aliphatic rings. The summed E-state index contributed by atoms with van der Waals surface area (Å²) in [5, 5.41) is 0. The summed E-state index contributed by atoms with van der Waals surface area (Å²) in [4.78, 5) is 0. The monoisotopic (exact) mass is 337 g/mol. The van der Waals surface area contributed by atoms with Gasteiger partial charge in [0.2, 0.25) is 0 Å². The Morgan fingerprint density at radius 2 is 1.52 bits per heavy atom. The van der Waals surface area contributed by atoms with Crippen LogP contribution in [0.25, 0.3) is 5.57 Å². The van der Waals surface area contributed by atoms with Gasteiger partial charge in [-0.1, -0.05) is 78.9 Å². The standard InChI is InChI=1S/C22H17.Fe/c1-3-9-18(10-4-1)19-15-16-22(17-19,21-13-7-8-14-21)20-11-5-2-6-12-20;/h1-7,9-13,15-17H,8H2;/q-1;. The fourth-order valence-corrected chi connectivity index (χ4v) is 3.28. The summed E-state index contributed by atoms with van der Waals surface area (Å²) >= 11 is 0. The Bertz CT molecular complexity index is 794. The van der Waals surface area contributed by atoms with Crippen LogP contribution in [0.4, 0.5) is 0 Å². The predicted octanol–water partition coefficient (Wildman–Crippen LogP) is 5.26. The zero-order valence-corrected chi connectivity index (χ0v) is 13.8. The van der Waals surface area contributed by atoms with Crippen molar-refractivity contribution in [3.8, 4) is 0 Å². The molecular formula is C22H17Fe-. The van der Waals surface area contributed by atoms with Crippen LogP contribution >= 0.6 is 0 Å². The molecule has 0 nitrogen and oxygen atoms in total. The number of hydrogen-bond donors (Lipinski definition) is 0. The van der Waals surface area contributed by atoms with Crippen molar-refractivity contribution in [3.05, 3.63) is 114 Å². The molecule has 2 aromatic rings. The first-order chi connectivity index (χ1) is 10.9. The molecule has 0 saturated heterocycles. The summed E-state index contributed by atoms with van der Waals surface area (Å²) in [6.07, 6.45) is 15.7. The number of hydrogen-bond acceptors (Lipinski definition) is 0. The van der Waals surface area contributed by atoms with E-state index in [1.807, 2.05) is 0 Å². The average molecular weight is 337 g/mol. The first kappa shape index (κ1) is 15.8. The Balaban J connectivity index is 0.00000156. The third-order valence-electron chi connectivity index (χ3n) is 4.41. The van der Waals surface area contributed by atoms with Gasteiger partial charge in [0.15, 0.2) is 0 Å². The number of benzene rings is 2. The molecule has 0 saturated carbocycles. The molecule has 2 aliphatic carbocycles. The molecule has 0 spiro atoms. The van der Waals surface area contributed by atoms with Crippen molar-refractivity contribution in [1.29, 1.82) is 0 Å². The maximum Gasteiger partial charge on any atom is 0.0243 e. The molecule has 0 aromatic heterocycles. The molecule has 1 heteroatoms. The van der Waals surface area contributed by atoms with E-state index in [0.717, 1.165) is 6.42 Å². The molecule has 1 unspecified atom stereocenters. The SMILES string of the molecule is [C-]1=C(C2(c3ccccc3)C=CC(c3ccccc3)=C2)C=CC1.[Fe]. The zero-order valence-electron chi connectivity index (χ0n) is 12.7. The van der Waals surface area contributed by atoms with Crippen LogP contribution in [0, 0.1) is 6.08 Å². The minimum atomic E-state index is -0.181. The smallest absolute Gasteiger partial charge is 0.0243 e. The van der Waals surface area contributed by atoms with Crippen LogP contribution in [-0.2, 0) is 22.5 Å². The summed E-state index contributed by atoms with van der Waals surface area (Å²) in [6, 6.07) is 21.3. The van der Waals surface area contributed by atoms with Gasteiger partial charge in [-0.25, -0.2) is 11.6 Å². The van der Waals surface area contributed by atoms with Gasteiger partial charge < -0.3 is 0 Å². The van der Waals surface area contributed by atoms with E-state index < -0.39 is 0 Å². The van der Waals surface area contributed by atoms with Crippen LogP contribution in [0.15, 0.2) is 96.6 Å². The Kier molecular flexibility index (Phi) is 4.52. The second-order valence-corrected chi connectivity index (χ2v) is 5.73. The van der Waals surface area contributed by atoms with Crippen molar-refractivity contribution in [3.63, 3.8) is 0 Å². The van der Waals surface area contributed by atoms with Gasteiger partial charge >= 0.3 is 0 Å². The van der Waals surface area contributed by atoms with Gasteiger partial charge in [-0.3, -0.25) is 6.08 Å². The molecule has 0 bridgehead atoms. The van der Waals surface area contributed by atoms with Gasteiger partial charge in [0.05, 0.1) is 0 Å². The molecule has 23 heavy (non-hydrogen) atoms. The van der Waals surface area contributed by atoms with Crippen LogP contribution in [0.2, 0.25) is 0 Å². The van der Waals surface area contributed by atoms with Crippen LogP contribution in [0.1, 0.15) is 17.5 Å². The van der Waals surface area contributed by atoms with Gasteiger partial charge in [-0.2, -0.15) is 6.08 Å². The summed E-state index contributed by atoms with van der Waals surface area (Å²) in [5.74, 6) is 0. The summed E-state index contributed by atoms with van der Waals surface area (Å²) in [5.41, 5.74) is 4.91. The predicted molar refractivity (Wildman–Crippen MR) is 92.2 cm³/mol. The van der Waals surface area contributed by atoms with Crippen LogP contribution in [0.3, 0.4) is 0 Å². The van der Waals surface area contributed by atoms with E-state index >= 15 is 0 Å². The molecule has 0 radical (unpaired) electrons. The fraction of sp³-hybridized carbons (Fsp3) is 0.0909. The van der Waals surface area contributed by atoms with Gasteiger partial charge in [0.1, 0.15) is 0 Å². The van der Waals surface area contributed by atoms with Crippen LogP contribution in [0.5, 0.6) is 0 Å². The minimum absolute atomic E-state index is 0. The maximum absolute atomic E-state index is 3.52. The summed E-state index contributed by atoms with van der Waals surface area (Å²) in [7, 11) is 0. The van der Waals surface area contributed by atoms with Gasteiger partial charge in [0.25, 0.3) is 0 Å². The Hall–Kier alpha value is -2.08. The molecule has 1 atom stereocenters. The van der Waals surface area contributed by atoms with E-state index in [1.165, 1.54) is 22.3 Å². The fourth-order valence-electron chi connectivity index (χ4n) is 3.28. The second-order valence-electron chi connectivity index (χ2n) is 5.73. The summed E-state index contributed by atoms with van der Waals surface area (Å²) in [6.45, 7) is 0. The van der Waals surface area contributed by atoms with E-state index in [-0.39, 0.29) is 22.5 Å². The van der Waals surface area contributed by atoms with Crippen molar-refractivity contribution in [2.45, 2.75) is 11.8 Å². The average Bonchev–Trinajstić information content (AvgIpc) is 3.27. The summed E-state index contributed by atoms with van der Waals surface area (Å²) < 4.78 is 0. The zero-order chi connectivity index (χ0) is 14.8.